The van der Waals surface area contributed by atoms with E-state index in [9.17, 15) is 4.79 Å². The predicted molar refractivity (Wildman–Crippen MR) is 141 cm³/mol. The van der Waals surface area contributed by atoms with Crippen LogP contribution in [0.15, 0.2) is 78.0 Å². The van der Waals surface area contributed by atoms with Crippen molar-refractivity contribution in [3.05, 3.63) is 97.7 Å². The number of para-hydroxylation sites is 1. The van der Waals surface area contributed by atoms with Gasteiger partial charge in [0.05, 0.1) is 12.8 Å². The van der Waals surface area contributed by atoms with E-state index in [1.807, 2.05) is 66.9 Å². The van der Waals surface area contributed by atoms with Gasteiger partial charge in [-0.3, -0.25) is 4.79 Å². The Morgan fingerprint density at radius 1 is 1.06 bits per heavy atom. The first kappa shape index (κ1) is 22.6. The molecule has 0 bridgehead atoms. The van der Waals surface area contributed by atoms with Crippen LogP contribution in [0, 0.1) is 3.57 Å². The summed E-state index contributed by atoms with van der Waals surface area (Å²) < 4.78 is 3.24. The van der Waals surface area contributed by atoms with E-state index >= 15 is 0 Å². The molecule has 0 radical (unpaired) electrons. The number of benzene rings is 3. The molecule has 0 aliphatic rings. The molecule has 8 heteroatoms. The predicted octanol–water partition coefficient (Wildman–Crippen LogP) is 6.16. The summed E-state index contributed by atoms with van der Waals surface area (Å²) in [7, 11) is 0. The van der Waals surface area contributed by atoms with E-state index in [1.165, 1.54) is 0 Å². The number of nitrogens with zero attached hydrogens (tertiary/aromatic N) is 2. The van der Waals surface area contributed by atoms with Crippen molar-refractivity contribution in [2.45, 2.75) is 6.54 Å². The van der Waals surface area contributed by atoms with Crippen LogP contribution in [0.4, 0.5) is 5.69 Å². The number of halogens is 3. The van der Waals surface area contributed by atoms with Gasteiger partial charge < -0.3 is 9.88 Å². The molecule has 3 aromatic carbocycles. The van der Waals surface area contributed by atoms with Crippen LogP contribution in [0.3, 0.4) is 0 Å². The van der Waals surface area contributed by atoms with Gasteiger partial charge in [-0.1, -0.05) is 47.5 Å². The lowest BCUT2D eigenvalue weighted by Gasteiger charge is -2.08. The second kappa shape index (κ2) is 10.4. The largest absolute Gasteiger partial charge is 0.376 e. The van der Waals surface area contributed by atoms with Crippen molar-refractivity contribution in [2.24, 2.45) is 5.10 Å². The lowest BCUT2D eigenvalue weighted by Crippen LogP contribution is -2.25. The maximum absolute atomic E-state index is 12.1. The highest BCUT2D eigenvalue weighted by atomic mass is 127. The zero-order valence-corrected chi connectivity index (χ0v) is 20.5. The Bertz CT molecular complexity index is 1290. The number of amides is 1. The Labute approximate surface area is 209 Å². The fourth-order valence-corrected chi connectivity index (χ4v) is 4.13. The maximum Gasteiger partial charge on any atom is 0.259 e. The van der Waals surface area contributed by atoms with Crippen LogP contribution in [0.25, 0.3) is 10.9 Å². The Morgan fingerprint density at radius 2 is 1.84 bits per heavy atom. The molecule has 0 saturated carbocycles. The molecule has 162 valence electrons. The summed E-state index contributed by atoms with van der Waals surface area (Å²) in [5.74, 6) is -0.225. The van der Waals surface area contributed by atoms with Crippen LogP contribution in [0.5, 0.6) is 0 Å². The summed E-state index contributed by atoms with van der Waals surface area (Å²) in [4.78, 5) is 12.1. The summed E-state index contributed by atoms with van der Waals surface area (Å²) >= 11 is 14.6. The fraction of sp³-hybridized carbons (Fsp3) is 0.0833. The highest BCUT2D eigenvalue weighted by molar-refractivity contribution is 14.1. The number of fused-ring (bicyclic) bond motifs is 1. The van der Waals surface area contributed by atoms with Gasteiger partial charge in [0, 0.05) is 48.5 Å². The summed E-state index contributed by atoms with van der Waals surface area (Å²) in [5, 5.41) is 9.49. The van der Waals surface area contributed by atoms with E-state index in [0.29, 0.717) is 16.6 Å². The number of aromatic nitrogens is 1. The normalized spacial score (nSPS) is 11.2. The summed E-state index contributed by atoms with van der Waals surface area (Å²) in [6.07, 6.45) is 3.65. The molecule has 2 N–H and O–H groups in total. The van der Waals surface area contributed by atoms with Gasteiger partial charge in [0.2, 0.25) is 0 Å². The molecule has 0 saturated heterocycles. The Balaban J connectivity index is 1.45. The second-order valence-corrected chi connectivity index (χ2v) is 9.21. The van der Waals surface area contributed by atoms with E-state index in [4.69, 9.17) is 23.2 Å². The number of rotatable bonds is 7. The zero-order valence-electron chi connectivity index (χ0n) is 16.9. The third-order valence-electron chi connectivity index (χ3n) is 4.87. The molecular weight excluding hydrogens is 558 g/mol. The second-order valence-electron chi connectivity index (χ2n) is 7.12. The number of carbonyl (C=O) groups is 1. The van der Waals surface area contributed by atoms with E-state index in [-0.39, 0.29) is 12.5 Å². The van der Waals surface area contributed by atoms with Gasteiger partial charge in [0.15, 0.2) is 0 Å². The average molecular weight is 577 g/mol. The van der Waals surface area contributed by atoms with Gasteiger partial charge in [-0.25, -0.2) is 5.43 Å². The molecule has 0 atom stereocenters. The molecule has 0 aliphatic carbocycles. The van der Waals surface area contributed by atoms with Crippen molar-refractivity contribution in [1.29, 1.82) is 0 Å². The number of hydrazone groups is 1. The zero-order chi connectivity index (χ0) is 22.5. The highest BCUT2D eigenvalue weighted by Gasteiger charge is 2.09. The summed E-state index contributed by atoms with van der Waals surface area (Å²) in [5.41, 5.74) is 6.37. The quantitative estimate of drug-likeness (QED) is 0.157. The standard InChI is InChI=1S/C24H19Cl2IN4O/c25-18-6-5-16(22(26)11-18)14-31-15-17(21-3-1-2-4-23(21)31)12-29-30-24(32)13-28-20-9-7-19(27)8-10-20/h1-12,15,28H,13-14H2,(H,30,32)/b29-12+. The van der Waals surface area contributed by atoms with Crippen LogP contribution in [0.1, 0.15) is 11.1 Å². The van der Waals surface area contributed by atoms with Crippen molar-refractivity contribution >= 4 is 74.5 Å². The van der Waals surface area contributed by atoms with Crippen LogP contribution in [0.2, 0.25) is 10.0 Å². The number of nitrogens with one attached hydrogen (secondary N) is 2. The molecule has 5 nitrogen and oxygen atoms in total. The van der Waals surface area contributed by atoms with Gasteiger partial charge in [0.1, 0.15) is 0 Å². The van der Waals surface area contributed by atoms with Gasteiger partial charge in [-0.15, -0.1) is 0 Å². The third kappa shape index (κ3) is 5.62. The minimum absolute atomic E-state index is 0.134. The van der Waals surface area contributed by atoms with E-state index in [0.717, 1.165) is 31.3 Å². The molecular formula is C24H19Cl2IN4O. The van der Waals surface area contributed by atoms with Crippen LogP contribution < -0.4 is 10.7 Å². The number of anilines is 1. The lowest BCUT2D eigenvalue weighted by molar-refractivity contribution is -0.119. The van der Waals surface area contributed by atoms with E-state index in [2.05, 4.69) is 43.0 Å². The van der Waals surface area contributed by atoms with Crippen molar-refractivity contribution < 1.29 is 4.79 Å². The number of hydrogen-bond acceptors (Lipinski definition) is 3. The first-order valence-corrected chi connectivity index (χ1v) is 11.7. The first-order chi connectivity index (χ1) is 15.5. The molecule has 0 fully saturated rings. The minimum Gasteiger partial charge on any atom is -0.376 e. The summed E-state index contributed by atoms with van der Waals surface area (Å²) in [6.45, 7) is 0.728. The number of carbonyl (C=O) groups excluding carboxylic acids is 1. The van der Waals surface area contributed by atoms with Crippen LogP contribution in [-0.2, 0) is 11.3 Å². The minimum atomic E-state index is -0.225. The lowest BCUT2D eigenvalue weighted by atomic mass is 10.2. The van der Waals surface area contributed by atoms with Crippen molar-refractivity contribution in [3.63, 3.8) is 0 Å². The smallest absolute Gasteiger partial charge is 0.259 e. The monoisotopic (exact) mass is 576 g/mol. The van der Waals surface area contributed by atoms with Gasteiger partial charge in [-0.05, 0) is 70.6 Å². The molecule has 1 aromatic heterocycles. The SMILES string of the molecule is O=C(CNc1ccc(I)cc1)N/N=C/c1cn(Cc2ccc(Cl)cc2Cl)c2ccccc12. The molecule has 1 heterocycles. The van der Waals surface area contributed by atoms with Gasteiger partial charge in [-0.2, -0.15) is 5.10 Å². The van der Waals surface area contributed by atoms with Crippen LogP contribution >= 0.6 is 45.8 Å². The average Bonchev–Trinajstić information content (AvgIpc) is 3.13. The molecule has 4 rings (SSSR count). The van der Waals surface area contributed by atoms with Crippen LogP contribution in [-0.4, -0.2) is 23.2 Å². The Morgan fingerprint density at radius 3 is 2.62 bits per heavy atom. The maximum atomic E-state index is 12.1. The molecule has 1 amide bonds. The first-order valence-electron chi connectivity index (χ1n) is 9.83. The van der Waals surface area contributed by atoms with Crippen molar-refractivity contribution in [2.75, 3.05) is 11.9 Å². The molecule has 4 aromatic rings. The van der Waals surface area contributed by atoms with Crippen molar-refractivity contribution in [1.82, 2.24) is 9.99 Å². The van der Waals surface area contributed by atoms with Gasteiger partial charge in [0.25, 0.3) is 5.91 Å². The topological polar surface area (TPSA) is 58.4 Å². The molecule has 0 spiro atoms. The molecule has 0 aliphatic heterocycles. The number of hydrogen-bond donors (Lipinski definition) is 2. The highest BCUT2D eigenvalue weighted by Crippen LogP contribution is 2.25. The summed E-state index contributed by atoms with van der Waals surface area (Å²) in [6, 6.07) is 21.3. The molecule has 0 unspecified atom stereocenters. The Hall–Kier alpha value is -2.55. The Kier molecular flexibility index (Phi) is 7.34. The van der Waals surface area contributed by atoms with E-state index in [1.54, 1.807) is 12.3 Å². The fourth-order valence-electron chi connectivity index (χ4n) is 3.31. The molecule has 32 heavy (non-hydrogen) atoms. The van der Waals surface area contributed by atoms with Gasteiger partial charge >= 0.3 is 0 Å². The van der Waals surface area contributed by atoms with Crippen molar-refractivity contribution in [3.8, 4) is 0 Å². The van der Waals surface area contributed by atoms with E-state index < -0.39 is 0 Å². The third-order valence-corrected chi connectivity index (χ3v) is 6.17.